The van der Waals surface area contributed by atoms with Crippen molar-refractivity contribution >= 4 is 12.0 Å². The molecular formula is C39H56O3. The van der Waals surface area contributed by atoms with Crippen LogP contribution in [-0.2, 0) is 9.53 Å². The molecule has 4 fully saturated rings. The number of aromatic hydroxyl groups is 1. The lowest BCUT2D eigenvalue weighted by Crippen LogP contribution is -2.63. The number of hydrogen-bond acceptors (Lipinski definition) is 3. The average Bonchev–Trinajstić information content (AvgIpc) is 2.90. The van der Waals surface area contributed by atoms with E-state index in [1.54, 1.807) is 36.4 Å². The predicted octanol–water partition coefficient (Wildman–Crippen LogP) is 10.1. The molecule has 0 bridgehead atoms. The molecular weight excluding hydrogens is 516 g/mol. The van der Waals surface area contributed by atoms with Gasteiger partial charge in [-0.3, -0.25) is 0 Å². The third kappa shape index (κ3) is 4.54. The van der Waals surface area contributed by atoms with E-state index in [0.717, 1.165) is 24.3 Å². The summed E-state index contributed by atoms with van der Waals surface area (Å²) in [6.45, 7) is 20.3. The van der Waals surface area contributed by atoms with E-state index in [2.05, 4.69) is 61.5 Å². The fourth-order valence-electron chi connectivity index (χ4n) is 12.0. The first-order chi connectivity index (χ1) is 19.5. The van der Waals surface area contributed by atoms with Crippen molar-refractivity contribution in [3.8, 4) is 5.75 Å². The molecule has 5 aliphatic rings. The molecule has 0 unspecified atom stereocenters. The summed E-state index contributed by atoms with van der Waals surface area (Å²) in [6, 6.07) is 6.89. The van der Waals surface area contributed by atoms with Crippen LogP contribution in [-0.4, -0.2) is 17.2 Å². The van der Waals surface area contributed by atoms with Crippen LogP contribution in [0.15, 0.2) is 42.0 Å². The number of benzene rings is 1. The first-order valence-corrected chi connectivity index (χ1v) is 16.9. The molecule has 0 amide bonds. The zero-order valence-corrected chi connectivity index (χ0v) is 27.7. The largest absolute Gasteiger partial charge is 0.508 e. The fourth-order valence-corrected chi connectivity index (χ4v) is 12.0. The summed E-state index contributed by atoms with van der Waals surface area (Å²) in [5.41, 5.74) is 4.41. The Kier molecular flexibility index (Phi) is 6.96. The number of phenolic OH excluding ortho intramolecular Hbond substituents is 1. The molecule has 4 saturated carbocycles. The lowest BCUT2D eigenvalue weighted by atomic mass is 9.34. The van der Waals surface area contributed by atoms with Gasteiger partial charge in [-0.1, -0.05) is 79.2 Å². The molecule has 0 aliphatic heterocycles. The van der Waals surface area contributed by atoms with Gasteiger partial charge in [0.1, 0.15) is 11.9 Å². The van der Waals surface area contributed by atoms with Gasteiger partial charge in [0.25, 0.3) is 0 Å². The molecule has 0 aromatic heterocycles. The van der Waals surface area contributed by atoms with Crippen molar-refractivity contribution < 1.29 is 14.6 Å². The lowest BCUT2D eigenvalue weighted by molar-refractivity contribution is -0.197. The van der Waals surface area contributed by atoms with Crippen LogP contribution in [0.4, 0.5) is 0 Å². The third-order valence-corrected chi connectivity index (χ3v) is 14.2. The molecule has 3 heteroatoms. The quantitative estimate of drug-likeness (QED) is 0.223. The van der Waals surface area contributed by atoms with Gasteiger partial charge in [0.15, 0.2) is 0 Å². The van der Waals surface area contributed by atoms with E-state index < -0.39 is 0 Å². The van der Waals surface area contributed by atoms with Crippen molar-refractivity contribution in [2.45, 2.75) is 126 Å². The number of phenols is 1. The van der Waals surface area contributed by atoms with Crippen molar-refractivity contribution in [3.05, 3.63) is 47.6 Å². The van der Waals surface area contributed by atoms with Crippen molar-refractivity contribution in [2.75, 3.05) is 0 Å². The first kappa shape index (κ1) is 30.0. The highest BCUT2D eigenvalue weighted by atomic mass is 16.5. The zero-order chi connectivity index (χ0) is 30.3. The number of allylic oxidation sites excluding steroid dienone is 2. The van der Waals surface area contributed by atoms with Crippen LogP contribution in [0.1, 0.15) is 125 Å². The lowest BCUT2D eigenvalue weighted by Gasteiger charge is -2.70. The predicted molar refractivity (Wildman–Crippen MR) is 172 cm³/mol. The SMILES string of the molecule is CC1(C)CC[C@]2(C)CC=C3[C@]4(C)CC[C@@H]5C(C)(C)[C@@H](OC(=O)C=Cc6ccc(O)cc6)CC[C@]5(C)[C@@H]4CC[C@@]3(C)[C@H]2C1. The van der Waals surface area contributed by atoms with Crippen molar-refractivity contribution in [2.24, 2.45) is 50.2 Å². The number of ether oxygens (including phenoxy) is 1. The number of carbonyl (C=O) groups excluding carboxylic acids is 1. The van der Waals surface area contributed by atoms with Gasteiger partial charge < -0.3 is 9.84 Å². The maximum absolute atomic E-state index is 13.0. The smallest absolute Gasteiger partial charge is 0.331 e. The highest BCUT2D eigenvalue weighted by Crippen LogP contribution is 2.75. The highest BCUT2D eigenvalue weighted by Gasteiger charge is 2.67. The molecule has 1 aromatic rings. The molecule has 6 rings (SSSR count). The minimum absolute atomic E-state index is 0.0650. The summed E-state index contributed by atoms with van der Waals surface area (Å²) in [7, 11) is 0. The van der Waals surface area contributed by atoms with Crippen LogP contribution in [0.2, 0.25) is 0 Å². The number of hydrogen-bond donors (Lipinski definition) is 1. The summed E-state index contributed by atoms with van der Waals surface area (Å²) < 4.78 is 6.21. The van der Waals surface area contributed by atoms with Crippen molar-refractivity contribution in [3.63, 3.8) is 0 Å². The van der Waals surface area contributed by atoms with E-state index in [1.165, 1.54) is 51.4 Å². The van der Waals surface area contributed by atoms with Gasteiger partial charge in [-0.05, 0) is 133 Å². The Morgan fingerprint density at radius 2 is 1.45 bits per heavy atom. The van der Waals surface area contributed by atoms with E-state index in [9.17, 15) is 9.90 Å². The summed E-state index contributed by atoms with van der Waals surface area (Å²) in [4.78, 5) is 13.0. The molecule has 42 heavy (non-hydrogen) atoms. The minimum atomic E-state index is -0.260. The van der Waals surface area contributed by atoms with E-state index >= 15 is 0 Å². The van der Waals surface area contributed by atoms with E-state index in [4.69, 9.17) is 4.74 Å². The number of carbonyl (C=O) groups is 1. The van der Waals surface area contributed by atoms with Gasteiger partial charge >= 0.3 is 5.97 Å². The molecule has 230 valence electrons. The van der Waals surface area contributed by atoms with Crippen molar-refractivity contribution in [1.29, 1.82) is 0 Å². The van der Waals surface area contributed by atoms with Crippen LogP contribution in [0.3, 0.4) is 0 Å². The molecule has 5 aliphatic carbocycles. The number of fused-ring (bicyclic) bond motifs is 7. The van der Waals surface area contributed by atoms with Crippen LogP contribution < -0.4 is 0 Å². The Morgan fingerprint density at radius 3 is 2.14 bits per heavy atom. The van der Waals surface area contributed by atoms with Gasteiger partial charge in [-0.25, -0.2) is 4.79 Å². The van der Waals surface area contributed by atoms with Crippen LogP contribution in [0.25, 0.3) is 6.08 Å². The van der Waals surface area contributed by atoms with Gasteiger partial charge in [0.2, 0.25) is 0 Å². The second-order valence-corrected chi connectivity index (χ2v) is 17.6. The van der Waals surface area contributed by atoms with Gasteiger partial charge in [0, 0.05) is 11.5 Å². The second kappa shape index (κ2) is 9.73. The highest BCUT2D eigenvalue weighted by molar-refractivity contribution is 5.87. The Hall–Kier alpha value is -2.03. The molecule has 1 aromatic carbocycles. The fraction of sp³-hybridized carbons (Fsp3) is 0.718. The molecule has 3 nitrogen and oxygen atoms in total. The van der Waals surface area contributed by atoms with Gasteiger partial charge in [-0.2, -0.15) is 0 Å². The Labute approximate surface area is 255 Å². The Balaban J connectivity index is 1.23. The molecule has 0 spiro atoms. The average molecular weight is 573 g/mol. The molecule has 0 saturated heterocycles. The second-order valence-electron chi connectivity index (χ2n) is 17.6. The third-order valence-electron chi connectivity index (χ3n) is 14.2. The van der Waals surface area contributed by atoms with E-state index in [-0.39, 0.29) is 34.1 Å². The molecule has 0 heterocycles. The van der Waals surface area contributed by atoms with Crippen molar-refractivity contribution in [1.82, 2.24) is 0 Å². The molecule has 8 atom stereocenters. The minimum Gasteiger partial charge on any atom is -0.508 e. The summed E-state index contributed by atoms with van der Waals surface area (Å²) in [5.74, 6) is 1.99. The van der Waals surface area contributed by atoms with Gasteiger partial charge in [0.05, 0.1) is 0 Å². The Morgan fingerprint density at radius 1 is 0.810 bits per heavy atom. The van der Waals surface area contributed by atoms with Crippen LogP contribution >= 0.6 is 0 Å². The summed E-state index contributed by atoms with van der Waals surface area (Å²) >= 11 is 0. The maximum Gasteiger partial charge on any atom is 0.331 e. The van der Waals surface area contributed by atoms with Crippen LogP contribution in [0, 0.1) is 50.2 Å². The van der Waals surface area contributed by atoms with Crippen LogP contribution in [0.5, 0.6) is 5.75 Å². The topological polar surface area (TPSA) is 46.5 Å². The number of esters is 1. The zero-order valence-electron chi connectivity index (χ0n) is 27.7. The monoisotopic (exact) mass is 572 g/mol. The molecule has 1 N–H and O–H groups in total. The van der Waals surface area contributed by atoms with E-state index in [1.807, 2.05) is 5.57 Å². The molecule has 0 radical (unpaired) electrons. The summed E-state index contributed by atoms with van der Waals surface area (Å²) in [5, 5.41) is 9.54. The van der Waals surface area contributed by atoms with Gasteiger partial charge in [-0.15, -0.1) is 0 Å². The normalized spacial score (nSPS) is 43.8. The standard InChI is InChI=1S/C39H56O3/c1-34(2)23-24-36(5)19-15-29-38(7)20-16-28-35(3,4)32(42-33(41)14-11-26-9-12-27(40)13-10-26)18-22-37(28,6)30(38)17-21-39(29,8)31(36)25-34/h9-15,28,30-32,40H,16-25H2,1-8H3/t28-,30+,31+,32+,36+,37+,38+,39-/m1/s1. The van der Waals surface area contributed by atoms with E-state index in [0.29, 0.717) is 28.1 Å². The first-order valence-electron chi connectivity index (χ1n) is 16.9. The maximum atomic E-state index is 13.0. The summed E-state index contributed by atoms with van der Waals surface area (Å²) in [6.07, 6.45) is 18.6. The number of rotatable bonds is 3. The Bertz CT molecular complexity index is 1280.